The van der Waals surface area contributed by atoms with Crippen LogP contribution in [0.25, 0.3) is 21.3 Å². The van der Waals surface area contributed by atoms with Crippen LogP contribution in [0, 0.1) is 11.3 Å². The molecular formula is C25H32N6O4S. The predicted octanol–water partition coefficient (Wildman–Crippen LogP) is 4.02. The van der Waals surface area contributed by atoms with Gasteiger partial charge in [0.05, 0.1) is 24.6 Å². The van der Waals surface area contributed by atoms with Crippen molar-refractivity contribution in [2.75, 3.05) is 51.9 Å². The number of urea groups is 1. The second-order valence-corrected chi connectivity index (χ2v) is 11.1. The van der Waals surface area contributed by atoms with E-state index in [1.807, 2.05) is 22.0 Å². The first kappa shape index (κ1) is 23.6. The summed E-state index contributed by atoms with van der Waals surface area (Å²) in [5, 5.41) is 8.16. The SMILES string of the molecule is COc1ncc(-c2cnn(C[C@@H]3CCCOC3)c2)c2sc(NC(=O)N3CCC4(CCOCC4)C3)nc12. The minimum Gasteiger partial charge on any atom is -0.479 e. The van der Waals surface area contributed by atoms with E-state index in [4.69, 9.17) is 19.2 Å². The molecule has 3 aromatic heterocycles. The average molecular weight is 513 g/mol. The Morgan fingerprint density at radius 2 is 2.14 bits per heavy atom. The van der Waals surface area contributed by atoms with Gasteiger partial charge >= 0.3 is 6.03 Å². The molecule has 2 amide bonds. The molecule has 3 fully saturated rings. The fourth-order valence-electron chi connectivity index (χ4n) is 5.61. The molecule has 0 bridgehead atoms. The van der Waals surface area contributed by atoms with Crippen LogP contribution in [0.5, 0.6) is 5.88 Å². The van der Waals surface area contributed by atoms with Gasteiger partial charge in [-0.25, -0.2) is 14.8 Å². The van der Waals surface area contributed by atoms with Crippen molar-refractivity contribution in [1.29, 1.82) is 0 Å². The van der Waals surface area contributed by atoms with E-state index in [1.165, 1.54) is 11.3 Å². The molecule has 11 heteroatoms. The summed E-state index contributed by atoms with van der Waals surface area (Å²) >= 11 is 1.44. The molecule has 10 nitrogen and oxygen atoms in total. The highest BCUT2D eigenvalue weighted by molar-refractivity contribution is 7.23. The van der Waals surface area contributed by atoms with Crippen molar-refractivity contribution in [3.8, 4) is 17.0 Å². The van der Waals surface area contributed by atoms with Crippen LogP contribution in [0.3, 0.4) is 0 Å². The van der Waals surface area contributed by atoms with Crippen molar-refractivity contribution in [1.82, 2.24) is 24.6 Å². The lowest BCUT2D eigenvalue weighted by Crippen LogP contribution is -2.37. The maximum atomic E-state index is 13.1. The quantitative estimate of drug-likeness (QED) is 0.551. The number of fused-ring (bicyclic) bond motifs is 1. The number of carbonyl (C=O) groups is 1. The Morgan fingerprint density at radius 1 is 1.25 bits per heavy atom. The van der Waals surface area contributed by atoms with E-state index >= 15 is 0 Å². The van der Waals surface area contributed by atoms with Crippen LogP contribution in [0.1, 0.15) is 32.1 Å². The number of hydrogen-bond donors (Lipinski definition) is 1. The zero-order valence-corrected chi connectivity index (χ0v) is 21.4. The summed E-state index contributed by atoms with van der Waals surface area (Å²) in [7, 11) is 1.58. The standard InChI is InChI=1S/C25H32N6O4S/c1-33-22-20-21(19(12-26-22)18-11-27-31(14-18)13-17-3-2-8-35-15-17)36-23(28-20)29-24(32)30-7-4-25(16-30)5-9-34-10-6-25/h11-12,14,17H,2-10,13,15-16H2,1H3,(H,28,29,32)/t17-/m0/s1. The molecule has 192 valence electrons. The van der Waals surface area contributed by atoms with E-state index in [2.05, 4.69) is 15.4 Å². The number of nitrogens with one attached hydrogen (secondary N) is 1. The molecule has 0 radical (unpaired) electrons. The lowest BCUT2D eigenvalue weighted by Gasteiger charge is -2.33. The summed E-state index contributed by atoms with van der Waals surface area (Å²) in [5.74, 6) is 0.927. The van der Waals surface area contributed by atoms with Crippen molar-refractivity contribution in [2.24, 2.45) is 11.3 Å². The van der Waals surface area contributed by atoms with Crippen LogP contribution < -0.4 is 10.1 Å². The van der Waals surface area contributed by atoms with Crippen LogP contribution in [0.4, 0.5) is 9.93 Å². The van der Waals surface area contributed by atoms with Crippen LogP contribution in [-0.4, -0.2) is 77.3 Å². The minimum atomic E-state index is -0.103. The Bertz CT molecular complexity index is 1230. The van der Waals surface area contributed by atoms with Gasteiger partial charge in [0.25, 0.3) is 0 Å². The maximum Gasteiger partial charge on any atom is 0.323 e. The normalized spacial score (nSPS) is 21.8. The summed E-state index contributed by atoms with van der Waals surface area (Å²) in [6.07, 6.45) is 11.0. The van der Waals surface area contributed by atoms with Gasteiger partial charge in [0.15, 0.2) is 5.13 Å². The van der Waals surface area contributed by atoms with Crippen LogP contribution in [0.15, 0.2) is 18.6 Å². The van der Waals surface area contributed by atoms with Crippen molar-refractivity contribution in [2.45, 2.75) is 38.6 Å². The third-order valence-corrected chi connectivity index (χ3v) is 8.72. The Balaban J connectivity index is 1.21. The molecule has 0 unspecified atom stereocenters. The third kappa shape index (κ3) is 4.67. The van der Waals surface area contributed by atoms with E-state index in [1.54, 1.807) is 13.3 Å². The van der Waals surface area contributed by atoms with Crippen LogP contribution in [0.2, 0.25) is 0 Å². The molecule has 6 heterocycles. The number of rotatable bonds is 5. The highest BCUT2D eigenvalue weighted by Gasteiger charge is 2.41. The van der Waals surface area contributed by atoms with Crippen LogP contribution >= 0.6 is 11.3 Å². The molecule has 0 aliphatic carbocycles. The number of carbonyl (C=O) groups excluding carboxylic acids is 1. The molecule has 3 aliphatic heterocycles. The summed E-state index contributed by atoms with van der Waals surface area (Å²) in [6, 6.07) is -0.103. The Labute approximate surface area is 213 Å². The van der Waals surface area contributed by atoms with E-state index in [0.717, 1.165) is 94.0 Å². The summed E-state index contributed by atoms with van der Waals surface area (Å²) in [6.45, 7) is 5.58. The number of hydrogen-bond acceptors (Lipinski definition) is 8. The average Bonchev–Trinajstić information content (AvgIpc) is 3.64. The van der Waals surface area contributed by atoms with Crippen LogP contribution in [-0.2, 0) is 16.0 Å². The van der Waals surface area contributed by atoms with Crippen molar-refractivity contribution in [3.63, 3.8) is 0 Å². The fraction of sp³-hybridized carbons (Fsp3) is 0.600. The topological polar surface area (TPSA) is 104 Å². The number of anilines is 1. The molecule has 6 rings (SSSR count). The first-order valence-electron chi connectivity index (χ1n) is 12.7. The second kappa shape index (κ2) is 9.95. The van der Waals surface area contributed by atoms with Gasteiger partial charge in [-0.15, -0.1) is 0 Å². The number of thiazole rings is 1. The van der Waals surface area contributed by atoms with Gasteiger partial charge < -0.3 is 19.1 Å². The van der Waals surface area contributed by atoms with Crippen molar-refractivity contribution >= 4 is 32.7 Å². The zero-order valence-electron chi connectivity index (χ0n) is 20.6. The van der Waals surface area contributed by atoms with Gasteiger partial charge in [-0.2, -0.15) is 5.10 Å². The first-order valence-corrected chi connectivity index (χ1v) is 13.5. The highest BCUT2D eigenvalue weighted by atomic mass is 32.1. The predicted molar refractivity (Wildman–Crippen MR) is 136 cm³/mol. The third-order valence-electron chi connectivity index (χ3n) is 7.72. The molecule has 0 saturated carbocycles. The number of amides is 2. The largest absolute Gasteiger partial charge is 0.479 e. The fourth-order valence-corrected chi connectivity index (χ4v) is 6.59. The molecule has 36 heavy (non-hydrogen) atoms. The van der Waals surface area contributed by atoms with Crippen molar-refractivity contribution in [3.05, 3.63) is 18.6 Å². The maximum absolute atomic E-state index is 13.1. The molecule has 1 spiro atoms. The Hall–Kier alpha value is -2.76. The van der Waals surface area contributed by atoms with Gasteiger partial charge in [-0.3, -0.25) is 10.00 Å². The van der Waals surface area contributed by atoms with Gasteiger partial charge in [0.1, 0.15) is 5.52 Å². The van der Waals surface area contributed by atoms with Gasteiger partial charge in [0.2, 0.25) is 5.88 Å². The van der Waals surface area contributed by atoms with Gasteiger partial charge in [-0.05, 0) is 37.5 Å². The summed E-state index contributed by atoms with van der Waals surface area (Å²) in [5.41, 5.74) is 2.74. The molecule has 3 aliphatic rings. The van der Waals surface area contributed by atoms with E-state index in [-0.39, 0.29) is 11.4 Å². The summed E-state index contributed by atoms with van der Waals surface area (Å²) < 4.78 is 19.5. The Morgan fingerprint density at radius 3 is 2.94 bits per heavy atom. The molecule has 1 atom stereocenters. The number of likely N-dealkylation sites (tertiary alicyclic amines) is 1. The molecule has 0 aromatic carbocycles. The minimum absolute atomic E-state index is 0.103. The smallest absolute Gasteiger partial charge is 0.323 e. The number of nitrogens with zero attached hydrogens (tertiary/aromatic N) is 5. The highest BCUT2D eigenvalue weighted by Crippen LogP contribution is 2.41. The molecule has 3 saturated heterocycles. The van der Waals surface area contributed by atoms with Gasteiger partial charge in [-0.1, -0.05) is 11.3 Å². The molecular weight excluding hydrogens is 480 g/mol. The van der Waals surface area contributed by atoms with E-state index < -0.39 is 0 Å². The molecule has 1 N–H and O–H groups in total. The monoisotopic (exact) mass is 512 g/mol. The van der Waals surface area contributed by atoms with E-state index in [9.17, 15) is 4.79 Å². The lowest BCUT2D eigenvalue weighted by atomic mass is 9.80. The summed E-state index contributed by atoms with van der Waals surface area (Å²) in [4.78, 5) is 24.2. The van der Waals surface area contributed by atoms with E-state index in [0.29, 0.717) is 22.4 Å². The lowest BCUT2D eigenvalue weighted by molar-refractivity contribution is 0.0211. The number of pyridine rings is 1. The first-order chi connectivity index (χ1) is 17.6. The Kier molecular flexibility index (Phi) is 6.53. The molecule has 3 aromatic rings. The van der Waals surface area contributed by atoms with Gasteiger partial charge in [0, 0.05) is 68.9 Å². The number of aromatic nitrogens is 4. The zero-order chi connectivity index (χ0) is 24.5. The number of methoxy groups -OCH3 is 1. The van der Waals surface area contributed by atoms with Crippen molar-refractivity contribution < 1.29 is 19.0 Å². The number of ether oxygens (including phenoxy) is 3. The second-order valence-electron chi connectivity index (χ2n) is 10.1.